The fourth-order valence-electron chi connectivity index (χ4n) is 0. The largest absolute Gasteiger partial charge is 0.112 e. The molecule has 0 saturated carbocycles. The maximum atomic E-state index is 6.82. The summed E-state index contributed by atoms with van der Waals surface area (Å²) in [5.74, 6) is 0. The van der Waals surface area contributed by atoms with Gasteiger partial charge in [0.15, 0.2) is 0 Å². The van der Waals surface area contributed by atoms with E-state index >= 15 is 0 Å². The summed E-state index contributed by atoms with van der Waals surface area (Å²) in [7, 11) is 7.34. The smallest absolute Gasteiger partial charge is 0.0720 e. The van der Waals surface area contributed by atoms with Crippen LogP contribution in [0.3, 0.4) is 0 Å². The van der Waals surface area contributed by atoms with Crippen molar-refractivity contribution in [2.75, 3.05) is 12.7 Å². The van der Waals surface area contributed by atoms with Gasteiger partial charge in [-0.3, -0.25) is 0 Å². The van der Waals surface area contributed by atoms with E-state index in [0.29, 0.717) is 0 Å². The Morgan fingerprint density at radius 2 is 2.60 bits per heavy atom. The van der Waals surface area contributed by atoms with Gasteiger partial charge in [0.1, 0.15) is 0 Å². The van der Waals surface area contributed by atoms with E-state index in [2.05, 4.69) is 8.93 Å². The molecule has 0 aromatic carbocycles. The van der Waals surface area contributed by atoms with E-state index in [-0.39, 0.29) is 13.6 Å². The number of hydrogen-bond acceptors (Lipinski definition) is 0. The van der Waals surface area contributed by atoms with Crippen LogP contribution in [0, 0.1) is 0 Å². The van der Waals surface area contributed by atoms with E-state index < -0.39 is 0 Å². The molecule has 0 heterocycles. The summed E-state index contributed by atoms with van der Waals surface area (Å²) >= 11 is 0. The van der Waals surface area contributed by atoms with E-state index in [9.17, 15) is 0 Å². The molecule has 0 fully saturated rings. The van der Waals surface area contributed by atoms with E-state index in [1.165, 1.54) is 0 Å². The van der Waals surface area contributed by atoms with Gasteiger partial charge in [-0.2, -0.15) is 0 Å². The molecule has 0 aromatic heterocycles. The highest BCUT2D eigenvalue weighted by Crippen LogP contribution is 2.37. The van der Waals surface area contributed by atoms with Crippen LogP contribution in [0.1, 0.15) is 1.37 Å². The van der Waals surface area contributed by atoms with E-state index in [0.717, 1.165) is 0 Å². The zero-order valence-corrected chi connectivity index (χ0v) is 5.23. The highest BCUT2D eigenvalue weighted by molar-refractivity contribution is 8.13. The minimum absolute atomic E-state index is 0.298. The van der Waals surface area contributed by atoms with Gasteiger partial charge in [-0.05, 0) is 6.66 Å². The fourth-order valence-corrected chi connectivity index (χ4v) is 0. The first-order valence-corrected chi connectivity index (χ1v) is 4.77. The molecule has 2 radical (unpaired) electrons. The van der Waals surface area contributed by atoms with Crippen molar-refractivity contribution in [1.29, 1.82) is 0 Å². The van der Waals surface area contributed by atoms with Crippen LogP contribution in [0.25, 0.3) is 0 Å². The van der Waals surface area contributed by atoms with Gasteiger partial charge in [-0.25, -0.2) is 0 Å². The molecule has 0 aliphatic carbocycles. The Hall–Kier alpha value is 0.925. The van der Waals surface area contributed by atoms with Crippen molar-refractivity contribution < 1.29 is 1.37 Å². The van der Waals surface area contributed by atoms with E-state index in [1.54, 1.807) is 0 Å². The third kappa shape index (κ3) is 4.92. The molecule has 3 unspecified atom stereocenters. The predicted molar refractivity (Wildman–Crippen MR) is 33.2 cm³/mol. The Morgan fingerprint density at radius 1 is 2.40 bits per heavy atom. The van der Waals surface area contributed by atoms with Crippen molar-refractivity contribution >= 4 is 24.4 Å². The molecule has 3 heteroatoms. The van der Waals surface area contributed by atoms with Crippen molar-refractivity contribution in [2.24, 2.45) is 0 Å². The molecule has 0 rings (SSSR count). The van der Waals surface area contributed by atoms with Gasteiger partial charge in [0.2, 0.25) is 0 Å². The molecular weight excluding hydrogens is 96.8 g/mol. The Kier molecular flexibility index (Phi) is 2.56. The molecule has 0 saturated heterocycles. The lowest BCUT2D eigenvalue weighted by Crippen LogP contribution is -1.67. The summed E-state index contributed by atoms with van der Waals surface area (Å²) < 4.78 is 6.82. The van der Waals surface area contributed by atoms with Crippen molar-refractivity contribution in [2.45, 2.75) is 0 Å². The molecule has 0 spiro atoms. The van der Waals surface area contributed by atoms with Gasteiger partial charge in [-0.15, -0.1) is 8.93 Å². The van der Waals surface area contributed by atoms with Gasteiger partial charge in [0, 0.05) is 1.37 Å². The maximum absolute atomic E-state index is 6.82. The van der Waals surface area contributed by atoms with Crippen LogP contribution < -0.4 is 0 Å². The maximum Gasteiger partial charge on any atom is 0.0720 e. The topological polar surface area (TPSA) is 0 Å². The molecule has 28 valence electrons. The highest BCUT2D eigenvalue weighted by Gasteiger charge is 1.78. The summed E-state index contributed by atoms with van der Waals surface area (Å²) in [6.07, 6.45) is 0. The average molecular weight is 105 g/mol. The van der Waals surface area contributed by atoms with E-state index in [1.807, 2.05) is 6.66 Å². The average Bonchev–Trinajstić information content (AvgIpc) is 1.36. The first-order valence-electron chi connectivity index (χ1n) is 1.87. The minimum atomic E-state index is -0.370. The molecule has 0 nitrogen and oxygen atoms in total. The van der Waals surface area contributed by atoms with Crippen LogP contribution in [0.4, 0.5) is 0 Å². The van der Waals surface area contributed by atoms with Crippen LogP contribution in [-0.4, -0.2) is 20.5 Å². The van der Waals surface area contributed by atoms with Crippen LogP contribution in [0.5, 0.6) is 0 Å². The third-order valence-corrected chi connectivity index (χ3v) is 1.22. The summed E-state index contributed by atoms with van der Waals surface area (Å²) in [6.45, 7) is 1.96. The number of rotatable bonds is 1. The summed E-state index contributed by atoms with van der Waals surface area (Å²) in [5, 5.41) is 0. The summed E-state index contributed by atoms with van der Waals surface area (Å²) in [6, 6.07) is -0.370. The minimum Gasteiger partial charge on any atom is -0.112 e. The zero-order valence-electron chi connectivity index (χ0n) is 4.18. The van der Waals surface area contributed by atoms with Gasteiger partial charge in [-0.1, -0.05) is 13.6 Å². The molecular formula is C2H7BP2. The molecule has 0 amide bonds. The Balaban J connectivity index is 2.99. The second-order valence-corrected chi connectivity index (χ2v) is 4.89. The monoisotopic (exact) mass is 105 g/mol. The molecule has 0 aromatic rings. The lowest BCUT2D eigenvalue weighted by atomic mass is 10.2. The van der Waals surface area contributed by atoms with Gasteiger partial charge in [0.05, 0.1) is 7.85 Å². The van der Waals surface area contributed by atoms with Crippen LogP contribution >= 0.6 is 16.5 Å². The quantitative estimate of drug-likeness (QED) is 0.344. The van der Waals surface area contributed by atoms with Crippen molar-refractivity contribution in [3.63, 3.8) is 0 Å². The standard InChI is InChI=1S/C2H7BP2/c1-5(4)2-3/h2,4H2,1H3/i2D. The summed E-state index contributed by atoms with van der Waals surface area (Å²) in [4.78, 5) is 0. The Labute approximate surface area is 39.4 Å². The molecule has 0 aliphatic rings. The molecule has 0 aliphatic heterocycles. The van der Waals surface area contributed by atoms with E-state index in [4.69, 9.17) is 9.22 Å². The lowest BCUT2D eigenvalue weighted by molar-refractivity contribution is 2.14. The normalized spacial score (nSPS) is 24.0. The first kappa shape index (κ1) is 4.09. The SMILES string of the molecule is [2H]C([B])P(C)P. The van der Waals surface area contributed by atoms with Crippen molar-refractivity contribution in [1.82, 2.24) is 0 Å². The second-order valence-electron chi connectivity index (χ2n) is 0.815. The van der Waals surface area contributed by atoms with Gasteiger partial charge < -0.3 is 0 Å². The second kappa shape index (κ2) is 3.13. The molecule has 0 N–H and O–H groups in total. The van der Waals surface area contributed by atoms with Gasteiger partial charge >= 0.3 is 0 Å². The number of hydrogen-bond donors (Lipinski definition) is 0. The fraction of sp³-hybridized carbons (Fsp3) is 1.00. The Morgan fingerprint density at radius 3 is 2.60 bits per heavy atom. The first-order chi connectivity index (χ1) is 2.64. The lowest BCUT2D eigenvalue weighted by Gasteiger charge is -1.92. The highest BCUT2D eigenvalue weighted by atomic mass is 32.0. The summed E-state index contributed by atoms with van der Waals surface area (Å²) in [5.41, 5.74) is 0. The molecule has 5 heavy (non-hydrogen) atoms. The molecule has 0 bridgehead atoms. The molecule has 3 atom stereocenters. The Bertz CT molecular complexity index is 32.5. The van der Waals surface area contributed by atoms with Crippen molar-refractivity contribution in [3.8, 4) is 0 Å². The van der Waals surface area contributed by atoms with Crippen LogP contribution in [-0.2, 0) is 0 Å². The van der Waals surface area contributed by atoms with Crippen LogP contribution in [0.2, 0.25) is 0 Å². The predicted octanol–water partition coefficient (Wildman–Crippen LogP) is 1.01. The zero-order chi connectivity index (χ0) is 5.15. The van der Waals surface area contributed by atoms with Crippen molar-refractivity contribution in [3.05, 3.63) is 0 Å². The van der Waals surface area contributed by atoms with Gasteiger partial charge in [0.25, 0.3) is 0 Å². The third-order valence-electron chi connectivity index (χ3n) is 0.235. The van der Waals surface area contributed by atoms with Crippen LogP contribution in [0.15, 0.2) is 0 Å².